The van der Waals surface area contributed by atoms with E-state index in [1.54, 1.807) is 6.08 Å². The number of methoxy groups -OCH3 is 1. The highest BCUT2D eigenvalue weighted by Crippen LogP contribution is 2.37. The topological polar surface area (TPSA) is 124 Å². The van der Waals surface area contributed by atoms with Crippen LogP contribution in [0.5, 0.6) is 0 Å². The summed E-state index contributed by atoms with van der Waals surface area (Å²) in [6.45, 7) is 2.59. The lowest BCUT2D eigenvalue weighted by Gasteiger charge is -2.30. The molecule has 0 aromatic carbocycles. The second kappa shape index (κ2) is 12.1. The molecule has 0 aliphatic rings. The maximum Gasteiger partial charge on any atom is 0.315 e. The third-order valence-corrected chi connectivity index (χ3v) is 4.52. The lowest BCUT2D eigenvalue weighted by Crippen LogP contribution is -2.31. The minimum absolute atomic E-state index is 0.197. The molecule has 0 radical (unpaired) electrons. The number of nitrogens with zero attached hydrogens (tertiary/aromatic N) is 3. The van der Waals surface area contributed by atoms with E-state index in [1.165, 1.54) is 7.11 Å². The van der Waals surface area contributed by atoms with E-state index in [-0.39, 0.29) is 18.3 Å². The third kappa shape index (κ3) is 7.84. The van der Waals surface area contributed by atoms with Crippen molar-refractivity contribution in [3.8, 4) is 18.2 Å². The molecule has 0 spiro atoms. The van der Waals surface area contributed by atoms with Crippen molar-refractivity contribution in [2.75, 3.05) is 13.7 Å². The summed E-state index contributed by atoms with van der Waals surface area (Å²) in [5.74, 6) is -0.435. The van der Waals surface area contributed by atoms with Crippen molar-refractivity contribution in [1.82, 2.24) is 0 Å². The van der Waals surface area contributed by atoms with Gasteiger partial charge >= 0.3 is 5.97 Å². The zero-order valence-electron chi connectivity index (χ0n) is 15.3. The van der Waals surface area contributed by atoms with Crippen molar-refractivity contribution in [2.45, 2.75) is 58.3 Å². The molecule has 2 N–H and O–H groups in total. The summed E-state index contributed by atoms with van der Waals surface area (Å²) in [4.78, 5) is 12.4. The van der Waals surface area contributed by atoms with Crippen molar-refractivity contribution in [1.29, 1.82) is 15.8 Å². The molecule has 0 saturated carbocycles. The lowest BCUT2D eigenvalue weighted by atomic mass is 9.74. The molecule has 0 bridgehead atoms. The van der Waals surface area contributed by atoms with Crippen LogP contribution in [0.15, 0.2) is 12.2 Å². The summed E-state index contributed by atoms with van der Waals surface area (Å²) in [5, 5.41) is 26.8. The number of carbonyl (C=O) groups is 1. The molecule has 0 heterocycles. The minimum atomic E-state index is -0.989. The Hall–Kier alpha value is -2.36. The maximum atomic E-state index is 12.4. The van der Waals surface area contributed by atoms with E-state index in [0.717, 1.165) is 12.8 Å². The summed E-state index contributed by atoms with van der Waals surface area (Å²) < 4.78 is 4.96. The van der Waals surface area contributed by atoms with Gasteiger partial charge in [0.25, 0.3) is 0 Å². The number of esters is 1. The van der Waals surface area contributed by atoms with Crippen LogP contribution < -0.4 is 5.73 Å². The second-order valence-electron chi connectivity index (χ2n) is 6.50. The molecular formula is C19H28N4O2. The Balaban J connectivity index is 5.68. The maximum absolute atomic E-state index is 12.4. The van der Waals surface area contributed by atoms with Crippen molar-refractivity contribution in [2.24, 2.45) is 16.6 Å². The second-order valence-corrected chi connectivity index (χ2v) is 6.50. The van der Waals surface area contributed by atoms with Crippen molar-refractivity contribution in [3.63, 3.8) is 0 Å². The SMILES string of the molecule is COC(=O)C(/C=C/C(C)(CCC#N)CCCN)(CCC#N)CCC#N. The van der Waals surface area contributed by atoms with Crippen molar-refractivity contribution >= 4 is 5.97 Å². The molecule has 25 heavy (non-hydrogen) atoms. The van der Waals surface area contributed by atoms with Gasteiger partial charge in [-0.2, -0.15) is 15.8 Å². The molecule has 0 aliphatic heterocycles. The van der Waals surface area contributed by atoms with Gasteiger partial charge in [0.1, 0.15) is 0 Å². The van der Waals surface area contributed by atoms with Gasteiger partial charge in [-0.1, -0.05) is 19.1 Å². The van der Waals surface area contributed by atoms with Gasteiger partial charge in [-0.05, 0) is 44.1 Å². The number of ether oxygens (including phenoxy) is 1. The Morgan fingerprint density at radius 2 is 1.52 bits per heavy atom. The van der Waals surface area contributed by atoms with Crippen LogP contribution in [0.2, 0.25) is 0 Å². The summed E-state index contributed by atoms with van der Waals surface area (Å²) in [7, 11) is 1.31. The van der Waals surface area contributed by atoms with Gasteiger partial charge in [-0.3, -0.25) is 4.79 Å². The average Bonchev–Trinajstić information content (AvgIpc) is 2.64. The Bertz CT molecular complexity index is 547. The molecule has 0 fully saturated rings. The molecule has 0 aromatic rings. The fourth-order valence-electron chi connectivity index (χ4n) is 2.82. The van der Waals surface area contributed by atoms with Crippen LogP contribution in [-0.2, 0) is 9.53 Å². The van der Waals surface area contributed by atoms with Gasteiger partial charge in [0, 0.05) is 19.3 Å². The Morgan fingerprint density at radius 1 is 1.00 bits per heavy atom. The third-order valence-electron chi connectivity index (χ3n) is 4.52. The lowest BCUT2D eigenvalue weighted by molar-refractivity contribution is -0.150. The molecule has 1 atom stereocenters. The van der Waals surface area contributed by atoms with E-state index in [0.29, 0.717) is 32.2 Å². The molecule has 0 rings (SSSR count). The summed E-state index contributed by atoms with van der Waals surface area (Å²) in [6.07, 6.45) is 7.43. The molecule has 136 valence electrons. The summed E-state index contributed by atoms with van der Waals surface area (Å²) >= 11 is 0. The zero-order chi connectivity index (χ0) is 19.2. The van der Waals surface area contributed by atoms with E-state index < -0.39 is 11.4 Å². The Kier molecular flexibility index (Phi) is 10.9. The molecule has 1 unspecified atom stereocenters. The summed E-state index contributed by atoms with van der Waals surface area (Å²) in [5.41, 5.74) is 4.35. The van der Waals surface area contributed by atoms with Crippen LogP contribution in [0.25, 0.3) is 0 Å². The standard InChI is InChI=1S/C19H28N4O2/c1-18(7-3-13-20,8-4-14-21)11-12-19(9-5-15-22,10-6-16-23)17(24)25-2/h11-12H,3-10,13,20H2,1-2H3/b12-11+. The van der Waals surface area contributed by atoms with E-state index in [1.807, 2.05) is 13.0 Å². The van der Waals surface area contributed by atoms with Crippen molar-refractivity contribution < 1.29 is 9.53 Å². The predicted molar refractivity (Wildman–Crippen MR) is 94.5 cm³/mol. The van der Waals surface area contributed by atoms with Gasteiger partial charge in [-0.25, -0.2) is 0 Å². The number of hydrogen-bond donors (Lipinski definition) is 1. The first kappa shape index (κ1) is 22.6. The molecule has 0 aliphatic carbocycles. The van der Waals surface area contributed by atoms with E-state index in [9.17, 15) is 4.79 Å². The van der Waals surface area contributed by atoms with Gasteiger partial charge < -0.3 is 10.5 Å². The number of nitriles is 3. The molecule has 0 amide bonds. The predicted octanol–water partition coefficient (Wildman–Crippen LogP) is 3.36. The minimum Gasteiger partial charge on any atom is -0.468 e. The Labute approximate surface area is 150 Å². The number of allylic oxidation sites excluding steroid dienone is 1. The van der Waals surface area contributed by atoms with Crippen LogP contribution in [0.1, 0.15) is 58.3 Å². The van der Waals surface area contributed by atoms with Gasteiger partial charge in [0.15, 0.2) is 0 Å². The van der Waals surface area contributed by atoms with E-state index >= 15 is 0 Å². The monoisotopic (exact) mass is 344 g/mol. The number of rotatable bonds is 12. The Morgan fingerprint density at radius 3 is 1.96 bits per heavy atom. The normalized spacial score (nSPS) is 13.4. The first-order chi connectivity index (χ1) is 11.9. The van der Waals surface area contributed by atoms with Crippen LogP contribution in [-0.4, -0.2) is 19.6 Å². The number of hydrogen-bond acceptors (Lipinski definition) is 6. The smallest absolute Gasteiger partial charge is 0.315 e. The highest BCUT2D eigenvalue weighted by Gasteiger charge is 2.37. The van der Waals surface area contributed by atoms with Crippen LogP contribution in [0, 0.1) is 44.8 Å². The van der Waals surface area contributed by atoms with Gasteiger partial charge in [0.05, 0.1) is 30.7 Å². The molecule has 6 nitrogen and oxygen atoms in total. The first-order valence-electron chi connectivity index (χ1n) is 8.53. The highest BCUT2D eigenvalue weighted by atomic mass is 16.5. The van der Waals surface area contributed by atoms with E-state index in [2.05, 4.69) is 18.2 Å². The number of nitrogens with two attached hydrogens (primary N) is 1. The quantitative estimate of drug-likeness (QED) is 0.427. The zero-order valence-corrected chi connectivity index (χ0v) is 15.3. The largest absolute Gasteiger partial charge is 0.468 e. The van der Waals surface area contributed by atoms with Crippen LogP contribution in [0.3, 0.4) is 0 Å². The van der Waals surface area contributed by atoms with Gasteiger partial charge in [-0.15, -0.1) is 0 Å². The average molecular weight is 344 g/mol. The van der Waals surface area contributed by atoms with Crippen LogP contribution >= 0.6 is 0 Å². The molecule has 0 aromatic heterocycles. The molecule has 0 saturated heterocycles. The highest BCUT2D eigenvalue weighted by molar-refractivity contribution is 5.79. The fraction of sp³-hybridized carbons (Fsp3) is 0.684. The van der Waals surface area contributed by atoms with E-state index in [4.69, 9.17) is 26.3 Å². The van der Waals surface area contributed by atoms with Gasteiger partial charge in [0.2, 0.25) is 0 Å². The summed E-state index contributed by atoms with van der Waals surface area (Å²) in [6, 6.07) is 6.28. The molecule has 6 heteroatoms. The number of carbonyl (C=O) groups excluding carboxylic acids is 1. The fourth-order valence-corrected chi connectivity index (χ4v) is 2.82. The van der Waals surface area contributed by atoms with Crippen molar-refractivity contribution in [3.05, 3.63) is 12.2 Å². The first-order valence-corrected chi connectivity index (χ1v) is 8.53. The van der Waals surface area contributed by atoms with Crippen LogP contribution in [0.4, 0.5) is 0 Å². The molecular weight excluding hydrogens is 316 g/mol.